The maximum atomic E-state index is 13.1. The van der Waals surface area contributed by atoms with Crippen LogP contribution in [0.1, 0.15) is 22.3 Å². The zero-order valence-corrected chi connectivity index (χ0v) is 7.29. The second kappa shape index (κ2) is 2.77. The molecule has 1 aliphatic rings. The van der Waals surface area contributed by atoms with Crippen molar-refractivity contribution in [3.63, 3.8) is 0 Å². The lowest BCUT2D eigenvalue weighted by Crippen LogP contribution is -1.98. The minimum absolute atomic E-state index is 0.0357. The molecule has 1 nitrogen and oxygen atoms in total. The molecule has 0 unspecified atom stereocenters. The molecule has 0 heterocycles. The highest BCUT2D eigenvalue weighted by Crippen LogP contribution is 2.32. The molecule has 0 aliphatic heterocycles. The minimum Gasteiger partial charge on any atom is -0.294 e. The van der Waals surface area contributed by atoms with Gasteiger partial charge in [-0.05, 0) is 12.0 Å². The number of halogens is 3. The highest BCUT2D eigenvalue weighted by atomic mass is 35.5. The largest absolute Gasteiger partial charge is 0.294 e. The van der Waals surface area contributed by atoms with Crippen LogP contribution in [-0.2, 0) is 6.42 Å². The van der Waals surface area contributed by atoms with Crippen LogP contribution in [0.3, 0.4) is 0 Å². The van der Waals surface area contributed by atoms with Crippen molar-refractivity contribution in [1.29, 1.82) is 0 Å². The Balaban J connectivity index is 2.76. The topological polar surface area (TPSA) is 17.1 Å². The third kappa shape index (κ3) is 1.15. The molecule has 13 heavy (non-hydrogen) atoms. The van der Waals surface area contributed by atoms with Gasteiger partial charge in [0, 0.05) is 12.5 Å². The summed E-state index contributed by atoms with van der Waals surface area (Å²) in [6.07, 6.45) is 0.553. The van der Waals surface area contributed by atoms with E-state index in [1.54, 1.807) is 0 Å². The van der Waals surface area contributed by atoms with E-state index in [9.17, 15) is 13.6 Å². The summed E-state index contributed by atoms with van der Waals surface area (Å²) in [5.74, 6) is -1.90. The van der Waals surface area contributed by atoms with Crippen LogP contribution in [0.2, 0.25) is 5.02 Å². The summed E-state index contributed by atoms with van der Waals surface area (Å²) >= 11 is 5.58. The number of hydrogen-bond donors (Lipinski definition) is 0. The average Bonchev–Trinajstić information content (AvgIpc) is 2.44. The molecule has 68 valence electrons. The summed E-state index contributed by atoms with van der Waals surface area (Å²) in [7, 11) is 0. The molecule has 0 spiro atoms. The monoisotopic (exact) mass is 202 g/mol. The van der Waals surface area contributed by atoms with Crippen LogP contribution < -0.4 is 0 Å². The van der Waals surface area contributed by atoms with Crippen molar-refractivity contribution in [2.24, 2.45) is 0 Å². The Hall–Kier alpha value is -0.960. The molecule has 1 aliphatic carbocycles. The van der Waals surface area contributed by atoms with Gasteiger partial charge in [0.05, 0.1) is 10.6 Å². The first kappa shape index (κ1) is 8.63. The van der Waals surface area contributed by atoms with Crippen molar-refractivity contribution in [2.75, 3.05) is 0 Å². The van der Waals surface area contributed by atoms with E-state index in [1.165, 1.54) is 0 Å². The highest BCUT2D eigenvalue weighted by molar-refractivity contribution is 6.32. The maximum absolute atomic E-state index is 13.1. The Labute approximate surface area is 78.3 Å². The second-order valence-corrected chi connectivity index (χ2v) is 3.31. The van der Waals surface area contributed by atoms with Crippen molar-refractivity contribution >= 4 is 17.4 Å². The van der Waals surface area contributed by atoms with Crippen LogP contribution in [0.25, 0.3) is 0 Å². The molecule has 1 aromatic rings. The van der Waals surface area contributed by atoms with Gasteiger partial charge in [0.2, 0.25) is 0 Å². The number of Topliss-reactive ketones (excluding diaryl/α,β-unsaturated/α-hetero) is 1. The van der Waals surface area contributed by atoms with E-state index in [1.807, 2.05) is 0 Å². The van der Waals surface area contributed by atoms with Crippen molar-refractivity contribution < 1.29 is 13.6 Å². The summed E-state index contributed by atoms with van der Waals surface area (Å²) in [5.41, 5.74) is 0.274. The SMILES string of the molecule is O=C1CCc2c(Cl)c(F)cc(F)c21. The molecule has 0 fully saturated rings. The third-order valence-electron chi connectivity index (χ3n) is 2.15. The van der Waals surface area contributed by atoms with Crippen LogP contribution >= 0.6 is 11.6 Å². The van der Waals surface area contributed by atoms with Gasteiger partial charge >= 0.3 is 0 Å². The van der Waals surface area contributed by atoms with Gasteiger partial charge in [-0.15, -0.1) is 0 Å². The fourth-order valence-electron chi connectivity index (χ4n) is 1.54. The first-order chi connectivity index (χ1) is 6.11. The third-order valence-corrected chi connectivity index (χ3v) is 2.56. The van der Waals surface area contributed by atoms with Crippen LogP contribution in [0.15, 0.2) is 6.07 Å². The van der Waals surface area contributed by atoms with E-state index in [2.05, 4.69) is 0 Å². The number of rotatable bonds is 0. The average molecular weight is 203 g/mol. The zero-order valence-electron chi connectivity index (χ0n) is 6.53. The van der Waals surface area contributed by atoms with Gasteiger partial charge in [-0.3, -0.25) is 4.79 Å². The molecule has 0 aromatic heterocycles. The van der Waals surface area contributed by atoms with Crippen LogP contribution in [-0.4, -0.2) is 5.78 Å². The Bertz CT molecular complexity index is 401. The normalized spacial score (nSPS) is 14.8. The molecule has 0 radical (unpaired) electrons. The number of hydrogen-bond acceptors (Lipinski definition) is 1. The van der Waals surface area contributed by atoms with Gasteiger partial charge in [-0.25, -0.2) is 8.78 Å². The predicted molar refractivity (Wildman–Crippen MR) is 44.0 cm³/mol. The summed E-state index contributed by atoms with van der Waals surface area (Å²) < 4.78 is 25.9. The van der Waals surface area contributed by atoms with Crippen molar-refractivity contribution in [3.8, 4) is 0 Å². The van der Waals surface area contributed by atoms with E-state index in [0.717, 1.165) is 0 Å². The fourth-order valence-corrected chi connectivity index (χ4v) is 1.79. The standard InChI is InChI=1S/C9H5ClF2O/c10-9-4-1-2-7(13)8(4)5(11)3-6(9)12/h3H,1-2H2. The quantitative estimate of drug-likeness (QED) is 0.592. The minimum atomic E-state index is -0.806. The number of carbonyl (C=O) groups is 1. The Morgan fingerprint density at radius 3 is 2.62 bits per heavy atom. The second-order valence-electron chi connectivity index (χ2n) is 2.93. The highest BCUT2D eigenvalue weighted by Gasteiger charge is 2.27. The number of ketones is 1. The molecule has 0 saturated heterocycles. The molecular weight excluding hydrogens is 198 g/mol. The first-order valence-electron chi connectivity index (χ1n) is 3.81. The zero-order chi connectivity index (χ0) is 9.59. The van der Waals surface area contributed by atoms with Crippen molar-refractivity contribution in [1.82, 2.24) is 0 Å². The molecule has 0 saturated carbocycles. The molecule has 2 rings (SSSR count). The number of fused-ring (bicyclic) bond motifs is 1. The number of benzene rings is 1. The lowest BCUT2D eigenvalue weighted by Gasteiger charge is -2.02. The van der Waals surface area contributed by atoms with Gasteiger partial charge in [0.25, 0.3) is 0 Å². The maximum Gasteiger partial charge on any atom is 0.166 e. The molecule has 4 heteroatoms. The van der Waals surface area contributed by atoms with Crippen LogP contribution in [0.5, 0.6) is 0 Å². The van der Waals surface area contributed by atoms with E-state index < -0.39 is 11.6 Å². The smallest absolute Gasteiger partial charge is 0.166 e. The van der Waals surface area contributed by atoms with E-state index >= 15 is 0 Å². The van der Waals surface area contributed by atoms with Gasteiger partial charge < -0.3 is 0 Å². The van der Waals surface area contributed by atoms with Crippen molar-refractivity contribution in [2.45, 2.75) is 12.8 Å². The van der Waals surface area contributed by atoms with Gasteiger partial charge in [0.1, 0.15) is 11.6 Å². The van der Waals surface area contributed by atoms with E-state index in [-0.39, 0.29) is 22.8 Å². The lowest BCUT2D eigenvalue weighted by molar-refractivity contribution is 0.0991. The fraction of sp³-hybridized carbons (Fsp3) is 0.222. The lowest BCUT2D eigenvalue weighted by atomic mass is 10.1. The van der Waals surface area contributed by atoms with Gasteiger partial charge in [0.15, 0.2) is 5.78 Å². The Kier molecular flexibility index (Phi) is 1.84. The summed E-state index contributed by atoms with van der Waals surface area (Å²) in [5, 5.41) is -0.123. The van der Waals surface area contributed by atoms with Crippen LogP contribution in [0.4, 0.5) is 8.78 Å². The number of carbonyl (C=O) groups excluding carboxylic acids is 1. The van der Waals surface area contributed by atoms with Gasteiger partial charge in [-0.1, -0.05) is 11.6 Å². The summed E-state index contributed by atoms with van der Waals surface area (Å²) in [6.45, 7) is 0. The molecule has 0 bridgehead atoms. The van der Waals surface area contributed by atoms with Crippen LogP contribution in [0, 0.1) is 11.6 Å². The van der Waals surface area contributed by atoms with E-state index in [4.69, 9.17) is 11.6 Å². The predicted octanol–water partition coefficient (Wildman–Crippen LogP) is 2.75. The Morgan fingerprint density at radius 1 is 1.23 bits per heavy atom. The molecule has 0 amide bonds. The summed E-state index contributed by atoms with van der Waals surface area (Å²) in [4.78, 5) is 11.1. The molecular formula is C9H5ClF2O. The summed E-state index contributed by atoms with van der Waals surface area (Å²) in [6, 6.07) is 0.657. The van der Waals surface area contributed by atoms with E-state index in [0.29, 0.717) is 18.1 Å². The van der Waals surface area contributed by atoms with Gasteiger partial charge in [-0.2, -0.15) is 0 Å². The molecule has 0 atom stereocenters. The first-order valence-corrected chi connectivity index (χ1v) is 4.18. The molecule has 1 aromatic carbocycles. The van der Waals surface area contributed by atoms with Crippen molar-refractivity contribution in [3.05, 3.63) is 33.9 Å². The Morgan fingerprint density at radius 2 is 1.92 bits per heavy atom. The molecule has 0 N–H and O–H groups in total.